The molecule has 2 N–H and O–H groups in total. The predicted octanol–water partition coefficient (Wildman–Crippen LogP) is 1.41. The van der Waals surface area contributed by atoms with E-state index in [2.05, 4.69) is 29.2 Å². The lowest BCUT2D eigenvalue weighted by molar-refractivity contribution is -0.154. The Labute approximate surface area is 200 Å². The van der Waals surface area contributed by atoms with Gasteiger partial charge in [-0.2, -0.15) is 0 Å². The minimum absolute atomic E-state index is 0.0742. The molecule has 2 unspecified atom stereocenters. The van der Waals surface area contributed by atoms with Crippen molar-refractivity contribution in [2.45, 2.75) is 84.5 Å². The van der Waals surface area contributed by atoms with Gasteiger partial charge in [-0.05, 0) is 56.8 Å². The number of nitrogens with one attached hydrogen (secondary N) is 2. The van der Waals surface area contributed by atoms with Gasteiger partial charge in [-0.15, -0.1) is 0 Å². The molecule has 2 saturated carbocycles. The Balaban J connectivity index is 1.79. The first-order valence-corrected chi connectivity index (χ1v) is 11.8. The van der Waals surface area contributed by atoms with Crippen LogP contribution in [-0.4, -0.2) is 71.4 Å². The summed E-state index contributed by atoms with van der Waals surface area (Å²) >= 11 is 0. The minimum Gasteiger partial charge on any atom is -0.463 e. The SMILES string of the molecule is COC(=O)C(=O)C1(NC(=O)C2C3[C@H](CN2C(=O)[C@@H](NC(=O)OC(C)(C)C)C(C)C)C3(C)C)CC1. The fourth-order valence-corrected chi connectivity index (χ4v) is 5.07. The highest BCUT2D eigenvalue weighted by Crippen LogP contribution is 2.65. The summed E-state index contributed by atoms with van der Waals surface area (Å²) < 4.78 is 9.86. The van der Waals surface area contributed by atoms with Crippen molar-refractivity contribution in [1.29, 1.82) is 0 Å². The van der Waals surface area contributed by atoms with Crippen molar-refractivity contribution in [1.82, 2.24) is 15.5 Å². The maximum absolute atomic E-state index is 13.6. The van der Waals surface area contributed by atoms with Crippen LogP contribution in [0.5, 0.6) is 0 Å². The number of rotatable bonds is 7. The van der Waals surface area contributed by atoms with Gasteiger partial charge < -0.3 is 25.0 Å². The van der Waals surface area contributed by atoms with E-state index in [-0.39, 0.29) is 29.1 Å². The molecular weight excluding hydrogens is 442 g/mol. The average Bonchev–Trinajstić information content (AvgIpc) is 3.52. The molecule has 190 valence electrons. The van der Waals surface area contributed by atoms with Gasteiger partial charge in [-0.25, -0.2) is 9.59 Å². The van der Waals surface area contributed by atoms with Gasteiger partial charge in [-0.3, -0.25) is 14.4 Å². The maximum Gasteiger partial charge on any atom is 0.408 e. The smallest absolute Gasteiger partial charge is 0.408 e. The Kier molecular flexibility index (Phi) is 6.52. The topological polar surface area (TPSA) is 131 Å². The van der Waals surface area contributed by atoms with Crippen LogP contribution in [0.15, 0.2) is 0 Å². The molecule has 3 rings (SSSR count). The second-order valence-electron chi connectivity index (χ2n) is 11.6. The quantitative estimate of drug-likeness (QED) is 0.417. The Hall–Kier alpha value is -2.65. The van der Waals surface area contributed by atoms with Crippen LogP contribution in [0.1, 0.15) is 61.3 Å². The largest absolute Gasteiger partial charge is 0.463 e. The molecule has 0 bridgehead atoms. The molecule has 0 spiro atoms. The number of carbonyl (C=O) groups excluding carboxylic acids is 5. The second-order valence-corrected chi connectivity index (χ2v) is 11.6. The molecule has 1 aliphatic heterocycles. The molecule has 0 radical (unpaired) electrons. The number of piperidine rings is 1. The summed E-state index contributed by atoms with van der Waals surface area (Å²) in [6.45, 7) is 13.3. The molecule has 4 atom stereocenters. The van der Waals surface area contributed by atoms with Crippen LogP contribution in [-0.2, 0) is 28.7 Å². The van der Waals surface area contributed by atoms with Crippen molar-refractivity contribution in [3.63, 3.8) is 0 Å². The molecule has 34 heavy (non-hydrogen) atoms. The number of fused-ring (bicyclic) bond motifs is 1. The lowest BCUT2D eigenvalue weighted by Gasteiger charge is -2.35. The van der Waals surface area contributed by atoms with Crippen molar-refractivity contribution in [3.8, 4) is 0 Å². The van der Waals surface area contributed by atoms with Crippen molar-refractivity contribution in [2.24, 2.45) is 23.2 Å². The number of ketones is 1. The second kappa shape index (κ2) is 8.53. The van der Waals surface area contributed by atoms with Crippen molar-refractivity contribution < 1.29 is 33.4 Å². The number of alkyl carbamates (subject to hydrolysis) is 1. The van der Waals surface area contributed by atoms with E-state index in [1.165, 1.54) is 4.90 Å². The van der Waals surface area contributed by atoms with Crippen LogP contribution >= 0.6 is 0 Å². The van der Waals surface area contributed by atoms with Crippen LogP contribution in [0.4, 0.5) is 4.79 Å². The predicted molar refractivity (Wildman–Crippen MR) is 121 cm³/mol. The van der Waals surface area contributed by atoms with E-state index in [0.29, 0.717) is 19.4 Å². The third-order valence-electron chi connectivity index (χ3n) is 7.28. The van der Waals surface area contributed by atoms with E-state index in [1.54, 1.807) is 20.8 Å². The first kappa shape index (κ1) is 26.0. The van der Waals surface area contributed by atoms with E-state index in [0.717, 1.165) is 7.11 Å². The number of hydrogen-bond acceptors (Lipinski definition) is 7. The zero-order valence-electron chi connectivity index (χ0n) is 21.3. The van der Waals surface area contributed by atoms with Crippen LogP contribution < -0.4 is 10.6 Å². The number of Topliss-reactive ketones (excluding diaryl/α,β-unsaturated/α-hetero) is 1. The monoisotopic (exact) mass is 479 g/mol. The molecule has 1 saturated heterocycles. The standard InChI is InChI=1S/C24H37N3O7/c1-12(2)15(25-21(32)34-22(3,4)5)19(30)27-11-13-14(23(13,6)7)16(27)18(29)26-24(9-10-24)17(28)20(31)33-8/h12-16H,9-11H2,1-8H3,(H,25,32)(H,26,29)/t13-,14?,15-,16?/m0/s1. The van der Waals surface area contributed by atoms with E-state index in [9.17, 15) is 24.0 Å². The number of hydrogen-bond donors (Lipinski definition) is 2. The van der Waals surface area contributed by atoms with Gasteiger partial charge in [0.2, 0.25) is 11.8 Å². The number of ether oxygens (including phenoxy) is 2. The van der Waals surface area contributed by atoms with Crippen LogP contribution in [0.3, 0.4) is 0 Å². The maximum atomic E-state index is 13.6. The van der Waals surface area contributed by atoms with Gasteiger partial charge in [-0.1, -0.05) is 27.7 Å². The van der Waals surface area contributed by atoms with E-state index in [1.807, 2.05) is 13.8 Å². The van der Waals surface area contributed by atoms with Crippen LogP contribution in [0.25, 0.3) is 0 Å². The number of likely N-dealkylation sites (tertiary alicyclic amines) is 1. The molecule has 2 aliphatic carbocycles. The lowest BCUT2D eigenvalue weighted by atomic mass is 9.97. The first-order valence-electron chi connectivity index (χ1n) is 11.8. The normalized spacial score (nSPS) is 26.7. The molecule has 3 fully saturated rings. The van der Waals surface area contributed by atoms with Gasteiger partial charge in [0, 0.05) is 6.54 Å². The molecular formula is C24H37N3O7. The van der Waals surface area contributed by atoms with Crippen molar-refractivity contribution in [3.05, 3.63) is 0 Å². The zero-order chi connectivity index (χ0) is 25.8. The lowest BCUT2D eigenvalue weighted by Crippen LogP contribution is -2.59. The molecule has 1 heterocycles. The summed E-state index contributed by atoms with van der Waals surface area (Å²) in [6.07, 6.45) is -0.00918. The highest BCUT2D eigenvalue weighted by atomic mass is 16.6. The zero-order valence-corrected chi connectivity index (χ0v) is 21.3. The van der Waals surface area contributed by atoms with E-state index < -0.39 is 47.0 Å². The summed E-state index contributed by atoms with van der Waals surface area (Å²) in [7, 11) is 1.12. The fraction of sp³-hybridized carbons (Fsp3) is 0.792. The number of carbonyl (C=O) groups is 5. The molecule has 3 aliphatic rings. The van der Waals surface area contributed by atoms with E-state index in [4.69, 9.17) is 4.74 Å². The van der Waals surface area contributed by atoms with Gasteiger partial charge in [0.25, 0.3) is 5.78 Å². The molecule has 0 aromatic carbocycles. The number of nitrogens with zero attached hydrogens (tertiary/aromatic N) is 1. The summed E-state index contributed by atoms with van der Waals surface area (Å²) in [4.78, 5) is 65.1. The van der Waals surface area contributed by atoms with Crippen molar-refractivity contribution >= 4 is 29.7 Å². The van der Waals surface area contributed by atoms with Gasteiger partial charge in [0.15, 0.2) is 0 Å². The van der Waals surface area contributed by atoms with Crippen molar-refractivity contribution in [2.75, 3.05) is 13.7 Å². The minimum atomic E-state index is -1.26. The highest BCUT2D eigenvalue weighted by Gasteiger charge is 2.70. The molecule has 10 heteroatoms. The molecule has 0 aromatic rings. The number of esters is 1. The van der Waals surface area contributed by atoms with Crippen LogP contribution in [0.2, 0.25) is 0 Å². The Bertz CT molecular complexity index is 901. The summed E-state index contributed by atoms with van der Waals surface area (Å²) in [5.41, 5.74) is -2.11. The molecule has 10 nitrogen and oxygen atoms in total. The summed E-state index contributed by atoms with van der Waals surface area (Å²) in [5, 5.41) is 5.41. The molecule has 0 aromatic heterocycles. The van der Waals surface area contributed by atoms with Crippen LogP contribution in [0, 0.1) is 23.2 Å². The summed E-state index contributed by atoms with van der Waals surface area (Å²) in [6, 6.07) is -1.67. The molecule has 3 amide bonds. The fourth-order valence-electron chi connectivity index (χ4n) is 5.07. The van der Waals surface area contributed by atoms with Gasteiger partial charge in [0.1, 0.15) is 23.2 Å². The Morgan fingerprint density at radius 3 is 2.12 bits per heavy atom. The highest BCUT2D eigenvalue weighted by molar-refractivity contribution is 6.38. The first-order chi connectivity index (χ1) is 15.6. The average molecular weight is 480 g/mol. The number of methoxy groups -OCH3 is 1. The number of amides is 3. The van der Waals surface area contributed by atoms with Gasteiger partial charge in [0.05, 0.1) is 7.11 Å². The Morgan fingerprint density at radius 1 is 1.06 bits per heavy atom. The third-order valence-corrected chi connectivity index (χ3v) is 7.28. The third kappa shape index (κ3) is 4.77. The Morgan fingerprint density at radius 2 is 1.65 bits per heavy atom. The van der Waals surface area contributed by atoms with Gasteiger partial charge >= 0.3 is 12.1 Å². The van der Waals surface area contributed by atoms with E-state index >= 15 is 0 Å². The summed E-state index contributed by atoms with van der Waals surface area (Å²) in [5.74, 6) is -2.79.